The van der Waals surface area contributed by atoms with Crippen molar-refractivity contribution in [2.45, 2.75) is 25.7 Å². The highest BCUT2D eigenvalue weighted by molar-refractivity contribution is 7.92. The van der Waals surface area contributed by atoms with Crippen LogP contribution in [0.3, 0.4) is 0 Å². The molecule has 0 spiro atoms. The van der Waals surface area contributed by atoms with E-state index < -0.39 is 10.0 Å². The van der Waals surface area contributed by atoms with Gasteiger partial charge in [0.25, 0.3) is 15.9 Å². The summed E-state index contributed by atoms with van der Waals surface area (Å²) in [6.07, 6.45) is 1.43. The molecule has 0 aliphatic heterocycles. The van der Waals surface area contributed by atoms with Crippen LogP contribution in [0.1, 0.15) is 27.5 Å². The third kappa shape index (κ3) is 4.32. The summed E-state index contributed by atoms with van der Waals surface area (Å²) in [5.41, 5.74) is 2.20. The Kier molecular flexibility index (Phi) is 4.95. The van der Waals surface area contributed by atoms with Gasteiger partial charge in [0.1, 0.15) is 5.76 Å². The Morgan fingerprint density at radius 2 is 1.63 bits per heavy atom. The van der Waals surface area contributed by atoms with Crippen molar-refractivity contribution in [3.05, 3.63) is 65.4 Å². The van der Waals surface area contributed by atoms with Gasteiger partial charge in [0.15, 0.2) is 0 Å². The molecule has 140 valence electrons. The van der Waals surface area contributed by atoms with E-state index in [1.165, 1.54) is 30.5 Å². The third-order valence-electron chi connectivity index (χ3n) is 3.73. The van der Waals surface area contributed by atoms with E-state index in [1.807, 2.05) is 0 Å². The zero-order chi connectivity index (χ0) is 19.6. The fourth-order valence-electron chi connectivity index (χ4n) is 2.49. The molecule has 0 unspecified atom stereocenters. The molecule has 27 heavy (non-hydrogen) atoms. The summed E-state index contributed by atoms with van der Waals surface area (Å²) >= 11 is 0. The van der Waals surface area contributed by atoms with E-state index in [0.717, 1.165) is 0 Å². The van der Waals surface area contributed by atoms with E-state index in [9.17, 15) is 13.2 Å². The van der Waals surface area contributed by atoms with E-state index in [4.69, 9.17) is 4.42 Å². The topological polar surface area (TPSA) is 114 Å². The molecule has 3 aromatic rings. The van der Waals surface area contributed by atoms with Crippen LogP contribution in [0, 0.1) is 20.8 Å². The summed E-state index contributed by atoms with van der Waals surface area (Å²) < 4.78 is 32.5. The first-order chi connectivity index (χ1) is 12.7. The average Bonchev–Trinajstić information content (AvgIpc) is 3.00. The third-order valence-corrected chi connectivity index (χ3v) is 5.08. The molecule has 1 amide bonds. The van der Waals surface area contributed by atoms with E-state index in [-0.39, 0.29) is 16.8 Å². The number of carbonyl (C=O) groups is 1. The molecule has 0 fully saturated rings. The minimum Gasteiger partial charge on any atom is -0.469 e. The van der Waals surface area contributed by atoms with Gasteiger partial charge in [0, 0.05) is 17.1 Å². The summed E-state index contributed by atoms with van der Waals surface area (Å²) in [4.78, 5) is 20.3. The van der Waals surface area contributed by atoms with Gasteiger partial charge in [-0.3, -0.25) is 4.79 Å². The Morgan fingerprint density at radius 3 is 2.19 bits per heavy atom. The van der Waals surface area contributed by atoms with Gasteiger partial charge in [0.2, 0.25) is 5.95 Å². The lowest BCUT2D eigenvalue weighted by Crippen LogP contribution is -2.16. The first-order valence-electron chi connectivity index (χ1n) is 8.05. The van der Waals surface area contributed by atoms with Crippen molar-refractivity contribution >= 4 is 27.6 Å². The number of aryl methyl sites for hydroxylation is 3. The van der Waals surface area contributed by atoms with E-state index in [0.29, 0.717) is 28.4 Å². The second kappa shape index (κ2) is 7.20. The zero-order valence-electron chi connectivity index (χ0n) is 15.0. The number of benzene rings is 1. The molecule has 3 rings (SSSR count). The largest absolute Gasteiger partial charge is 0.469 e. The quantitative estimate of drug-likeness (QED) is 0.696. The lowest BCUT2D eigenvalue weighted by atomic mass is 10.2. The maximum atomic E-state index is 12.5. The number of nitrogens with zero attached hydrogens (tertiary/aromatic N) is 2. The summed E-state index contributed by atoms with van der Waals surface area (Å²) in [5, 5.41) is 2.69. The van der Waals surface area contributed by atoms with Crippen molar-refractivity contribution in [2.75, 3.05) is 10.0 Å². The molecular weight excluding hydrogens is 368 g/mol. The van der Waals surface area contributed by atoms with E-state index in [1.54, 1.807) is 32.9 Å². The molecule has 2 aromatic heterocycles. The normalized spacial score (nSPS) is 11.2. The Hall–Kier alpha value is -3.20. The van der Waals surface area contributed by atoms with Crippen LogP contribution in [0.2, 0.25) is 0 Å². The van der Waals surface area contributed by atoms with Crippen LogP contribution in [0.4, 0.5) is 11.6 Å². The van der Waals surface area contributed by atoms with E-state index in [2.05, 4.69) is 20.0 Å². The van der Waals surface area contributed by atoms with Crippen LogP contribution >= 0.6 is 0 Å². The van der Waals surface area contributed by atoms with Gasteiger partial charge >= 0.3 is 0 Å². The maximum Gasteiger partial charge on any atom is 0.264 e. The molecule has 0 aliphatic rings. The minimum absolute atomic E-state index is 0.0142. The number of rotatable bonds is 5. The van der Waals surface area contributed by atoms with E-state index >= 15 is 0 Å². The van der Waals surface area contributed by atoms with Crippen LogP contribution in [0.15, 0.2) is 52.0 Å². The molecule has 0 saturated carbocycles. The Bertz CT molecular complexity index is 1070. The number of furan rings is 1. The highest BCUT2D eigenvalue weighted by Crippen LogP contribution is 2.18. The van der Waals surface area contributed by atoms with Crippen molar-refractivity contribution in [1.29, 1.82) is 0 Å². The fraction of sp³-hybridized carbons (Fsp3) is 0.167. The predicted molar refractivity (Wildman–Crippen MR) is 100 cm³/mol. The van der Waals surface area contributed by atoms with Crippen molar-refractivity contribution in [3.8, 4) is 0 Å². The lowest BCUT2D eigenvalue weighted by Gasteiger charge is -2.09. The Morgan fingerprint density at radius 1 is 1.00 bits per heavy atom. The molecule has 0 radical (unpaired) electrons. The summed E-state index contributed by atoms with van der Waals surface area (Å²) in [6, 6.07) is 9.11. The van der Waals surface area contributed by atoms with Crippen LogP contribution in [-0.2, 0) is 10.0 Å². The van der Waals surface area contributed by atoms with Crippen LogP contribution < -0.4 is 10.0 Å². The molecule has 9 heteroatoms. The molecule has 0 bridgehead atoms. The number of sulfonamides is 1. The number of carbonyl (C=O) groups excluding carboxylic acids is 1. The SMILES string of the molecule is Cc1cc(C)nc(NS(=O)(=O)c2ccc(NC(=O)c3ccoc3C)cc2)n1. The molecular formula is C18H18N4O4S. The predicted octanol–water partition coefficient (Wildman–Crippen LogP) is 3.05. The molecule has 0 aliphatic carbocycles. The first kappa shape index (κ1) is 18.6. The number of aromatic nitrogens is 2. The molecule has 0 atom stereocenters. The molecule has 8 nitrogen and oxygen atoms in total. The Balaban J connectivity index is 1.75. The smallest absolute Gasteiger partial charge is 0.264 e. The highest BCUT2D eigenvalue weighted by atomic mass is 32.2. The van der Waals surface area contributed by atoms with Crippen LogP contribution in [0.25, 0.3) is 0 Å². The van der Waals surface area contributed by atoms with Gasteiger partial charge in [-0.25, -0.2) is 23.1 Å². The number of anilines is 2. The van der Waals surface area contributed by atoms with Gasteiger partial charge < -0.3 is 9.73 Å². The van der Waals surface area contributed by atoms with Crippen molar-refractivity contribution in [1.82, 2.24) is 9.97 Å². The monoisotopic (exact) mass is 386 g/mol. The summed E-state index contributed by atoms with van der Waals surface area (Å²) in [6.45, 7) is 5.20. The number of amides is 1. The number of hydrogen-bond donors (Lipinski definition) is 2. The van der Waals surface area contributed by atoms with Crippen LogP contribution in [0.5, 0.6) is 0 Å². The molecule has 0 saturated heterocycles. The number of hydrogen-bond acceptors (Lipinski definition) is 6. The van der Waals surface area contributed by atoms with Gasteiger partial charge in [-0.15, -0.1) is 0 Å². The maximum absolute atomic E-state index is 12.5. The Labute approximate surface area is 156 Å². The van der Waals surface area contributed by atoms with Gasteiger partial charge in [-0.1, -0.05) is 0 Å². The zero-order valence-corrected chi connectivity index (χ0v) is 15.8. The summed E-state index contributed by atoms with van der Waals surface area (Å²) in [7, 11) is -3.84. The standard InChI is InChI=1S/C18H18N4O4S/c1-11-10-12(2)20-18(19-11)22-27(24,25)15-6-4-14(5-7-15)21-17(23)16-8-9-26-13(16)3/h4-10H,1-3H3,(H,21,23)(H,19,20,22). The average molecular weight is 386 g/mol. The lowest BCUT2D eigenvalue weighted by molar-refractivity contribution is 0.102. The molecule has 2 heterocycles. The second-order valence-corrected chi connectivity index (χ2v) is 7.63. The van der Waals surface area contributed by atoms with Crippen molar-refractivity contribution in [3.63, 3.8) is 0 Å². The molecule has 2 N–H and O–H groups in total. The van der Waals surface area contributed by atoms with Gasteiger partial charge in [-0.2, -0.15) is 0 Å². The fourth-order valence-corrected chi connectivity index (χ4v) is 3.43. The molecule has 1 aromatic carbocycles. The van der Waals surface area contributed by atoms with Crippen molar-refractivity contribution in [2.24, 2.45) is 0 Å². The highest BCUT2D eigenvalue weighted by Gasteiger charge is 2.17. The van der Waals surface area contributed by atoms with Gasteiger partial charge in [0.05, 0.1) is 16.7 Å². The number of nitrogens with one attached hydrogen (secondary N) is 2. The summed E-state index contributed by atoms with van der Waals surface area (Å²) in [5.74, 6) is 0.184. The van der Waals surface area contributed by atoms with Crippen molar-refractivity contribution < 1.29 is 17.6 Å². The second-order valence-electron chi connectivity index (χ2n) is 5.95. The minimum atomic E-state index is -3.84. The first-order valence-corrected chi connectivity index (χ1v) is 9.53. The van der Waals surface area contributed by atoms with Crippen LogP contribution in [-0.4, -0.2) is 24.3 Å². The van der Waals surface area contributed by atoms with Gasteiger partial charge in [-0.05, 0) is 57.2 Å².